The molecule has 8 N–H and O–H groups in total. The largest absolute Gasteiger partial charge is 0.510 e. The molecule has 0 fully saturated rings. The molecule has 5 rings (SSSR count). The lowest BCUT2D eigenvalue weighted by Crippen LogP contribution is -2.63. The Kier molecular flexibility index (Phi) is 7.40. The first-order valence-corrected chi connectivity index (χ1v) is 13.7. The average molecular weight is 595 g/mol. The molecule has 5 atom stereocenters. The Morgan fingerprint density at radius 3 is 2.53 bits per heavy atom. The molecule has 0 saturated carbocycles. The molecule has 0 bridgehead atoms. The highest BCUT2D eigenvalue weighted by molar-refractivity contribution is 6.25. The molecule has 2 aromatic rings. The molecule has 1 heterocycles. The number of Topliss-reactive ketones (excluding diaryl/α,β-unsaturated/α-hetero) is 2. The number of nitrogens with one attached hydrogen (secondary N) is 2. The fraction of sp³-hybridized carbons (Fsp3) is 0.414. The first-order valence-electron chi connectivity index (χ1n) is 13.7. The first-order chi connectivity index (χ1) is 20.2. The molecule has 0 spiro atoms. The summed E-state index contributed by atoms with van der Waals surface area (Å²) in [5.41, 5.74) is 1.70. The van der Waals surface area contributed by atoms with Crippen molar-refractivity contribution in [3.05, 3.63) is 64.1 Å². The second-order valence-corrected chi connectivity index (χ2v) is 11.5. The molecule has 1 aromatic heterocycles. The van der Waals surface area contributed by atoms with Crippen LogP contribution in [0.4, 0.5) is 5.69 Å². The van der Waals surface area contributed by atoms with Crippen LogP contribution < -0.4 is 16.4 Å². The summed E-state index contributed by atoms with van der Waals surface area (Å²) in [6, 6.07) is 1.29. The maximum Gasteiger partial charge on any atom is 0.255 e. The highest BCUT2D eigenvalue weighted by atomic mass is 16.3. The van der Waals surface area contributed by atoms with E-state index in [2.05, 4.69) is 15.6 Å². The summed E-state index contributed by atoms with van der Waals surface area (Å²) in [4.78, 5) is 57.9. The fourth-order valence-electron chi connectivity index (χ4n) is 6.47. The number of rotatable bonds is 7. The number of benzene rings is 1. The maximum absolute atomic E-state index is 13.8. The van der Waals surface area contributed by atoms with Crippen LogP contribution in [-0.4, -0.2) is 90.0 Å². The molecule has 3 aliphatic carbocycles. The number of amides is 2. The van der Waals surface area contributed by atoms with Crippen LogP contribution in [0.2, 0.25) is 0 Å². The number of phenolic OH excluding ortho intramolecular Hbond substituents is 1. The second-order valence-electron chi connectivity index (χ2n) is 11.5. The van der Waals surface area contributed by atoms with Gasteiger partial charge in [0.2, 0.25) is 11.7 Å². The van der Waals surface area contributed by atoms with Gasteiger partial charge in [0.1, 0.15) is 22.9 Å². The minimum atomic E-state index is -2.72. The number of allylic oxidation sites excluding steroid dienone is 1. The van der Waals surface area contributed by atoms with Crippen LogP contribution in [0.25, 0.3) is 0 Å². The smallest absolute Gasteiger partial charge is 0.255 e. The van der Waals surface area contributed by atoms with Gasteiger partial charge in [-0.15, -0.1) is 0 Å². The molecular weight excluding hydrogens is 560 g/mol. The van der Waals surface area contributed by atoms with Crippen LogP contribution in [0.15, 0.2) is 47.2 Å². The van der Waals surface area contributed by atoms with Gasteiger partial charge in [-0.1, -0.05) is 6.07 Å². The van der Waals surface area contributed by atoms with E-state index >= 15 is 0 Å². The minimum Gasteiger partial charge on any atom is -0.510 e. The van der Waals surface area contributed by atoms with E-state index in [1.807, 2.05) is 7.05 Å². The molecule has 43 heavy (non-hydrogen) atoms. The van der Waals surface area contributed by atoms with Gasteiger partial charge in [-0.2, -0.15) is 0 Å². The van der Waals surface area contributed by atoms with Crippen molar-refractivity contribution >= 4 is 29.1 Å². The van der Waals surface area contributed by atoms with E-state index in [1.165, 1.54) is 11.0 Å². The lowest BCUT2D eigenvalue weighted by molar-refractivity contribution is -0.148. The van der Waals surface area contributed by atoms with Crippen molar-refractivity contribution in [2.75, 3.05) is 19.4 Å². The van der Waals surface area contributed by atoms with Crippen LogP contribution >= 0.6 is 0 Å². The van der Waals surface area contributed by atoms with E-state index < -0.39 is 75.7 Å². The van der Waals surface area contributed by atoms with Crippen LogP contribution in [0.1, 0.15) is 35.1 Å². The van der Waals surface area contributed by atoms with Gasteiger partial charge in [0, 0.05) is 30.9 Å². The number of likely N-dealkylation sites (N-methyl/N-ethyl adjacent to an activating group) is 1. The number of aromatic hydroxyl groups is 1. The molecule has 0 saturated heterocycles. The lowest BCUT2D eigenvalue weighted by Gasteiger charge is -2.50. The van der Waals surface area contributed by atoms with Gasteiger partial charge in [0.05, 0.1) is 29.9 Å². The van der Waals surface area contributed by atoms with E-state index in [4.69, 9.17) is 5.73 Å². The summed E-state index contributed by atoms with van der Waals surface area (Å²) in [5, 5.41) is 50.7. The highest BCUT2D eigenvalue weighted by Crippen LogP contribution is 2.52. The third-order valence-electron chi connectivity index (χ3n) is 8.73. The summed E-state index contributed by atoms with van der Waals surface area (Å²) in [7, 11) is 4.95. The monoisotopic (exact) mass is 594 g/mol. The van der Waals surface area contributed by atoms with Crippen molar-refractivity contribution in [2.24, 2.45) is 24.6 Å². The number of aliphatic hydroxyl groups excluding tert-OH is 2. The molecule has 14 heteroatoms. The molecule has 0 aliphatic heterocycles. The summed E-state index contributed by atoms with van der Waals surface area (Å²) in [6.45, 7) is 1.93. The van der Waals surface area contributed by atoms with Crippen molar-refractivity contribution in [1.29, 1.82) is 0 Å². The number of hydrogen-bond donors (Lipinski definition) is 7. The number of anilines is 1. The second kappa shape index (κ2) is 10.6. The number of aromatic nitrogens is 2. The number of aliphatic hydroxyl groups is 3. The molecule has 0 radical (unpaired) electrons. The molecule has 14 nitrogen and oxygen atoms in total. The molecular formula is C29H34N6O8. The zero-order chi connectivity index (χ0) is 31.5. The van der Waals surface area contributed by atoms with Crippen LogP contribution in [0.3, 0.4) is 0 Å². The van der Waals surface area contributed by atoms with E-state index in [0.717, 1.165) is 0 Å². The standard InChI is InChI=1S/C29H34N6O8/c1-12(32-11-17-31-7-8-35(17)4)28(42)33-16-6-5-13-9-14-10-15-21(34(2)3)24(38)20(27(30)41)26(40)29(15,43)25(39)19(14)23(37)18(13)22(16)36/h5-8,12,14-15,21,32,36,38-39,43H,9-11H2,1-4H3,(H2,30,41)(H,33,42)/t12?,14?,15?,21-,29-/m0/s1. The molecule has 3 aliphatic rings. The van der Waals surface area contributed by atoms with Crippen molar-refractivity contribution in [3.8, 4) is 5.75 Å². The van der Waals surface area contributed by atoms with Gasteiger partial charge in [-0.3, -0.25) is 29.4 Å². The third kappa shape index (κ3) is 4.58. The van der Waals surface area contributed by atoms with Crippen molar-refractivity contribution in [2.45, 2.75) is 44.0 Å². The number of fused-ring (bicyclic) bond motifs is 3. The number of imidazole rings is 1. The van der Waals surface area contributed by atoms with E-state index in [-0.39, 0.29) is 29.7 Å². The van der Waals surface area contributed by atoms with Gasteiger partial charge in [0.25, 0.3) is 5.91 Å². The Balaban J connectivity index is 1.48. The van der Waals surface area contributed by atoms with Crippen LogP contribution in [0.5, 0.6) is 5.75 Å². The van der Waals surface area contributed by atoms with E-state index in [1.54, 1.807) is 44.0 Å². The van der Waals surface area contributed by atoms with Crippen molar-refractivity contribution < 1.29 is 39.6 Å². The van der Waals surface area contributed by atoms with Gasteiger partial charge in [0.15, 0.2) is 17.1 Å². The molecule has 1 aromatic carbocycles. The summed E-state index contributed by atoms with van der Waals surface area (Å²) < 4.78 is 1.80. The molecule has 228 valence electrons. The Morgan fingerprint density at radius 2 is 1.93 bits per heavy atom. The number of nitrogens with zero attached hydrogens (tertiary/aromatic N) is 3. The quantitative estimate of drug-likeness (QED) is 0.167. The van der Waals surface area contributed by atoms with Gasteiger partial charge in [-0.05, 0) is 51.4 Å². The number of aryl methyl sites for hydroxylation is 1. The zero-order valence-electron chi connectivity index (χ0n) is 24.1. The Bertz CT molecular complexity index is 1620. The molecule has 3 unspecified atom stereocenters. The number of carbonyl (C=O) groups is 4. The SMILES string of the molecule is CC(NCc1nccn1C)C(=O)Nc1ccc2c(c1O)C(=O)C1=C(O)[C@]3(O)C(=O)C(C(N)=O)=C(O)[C@@H](N(C)C)C3CC1C2. The number of phenols is 1. The maximum atomic E-state index is 13.8. The Labute approximate surface area is 246 Å². The zero-order valence-corrected chi connectivity index (χ0v) is 24.1. The lowest BCUT2D eigenvalue weighted by atomic mass is 9.58. The number of primary amides is 1. The fourth-order valence-corrected chi connectivity index (χ4v) is 6.47. The molecule has 2 amide bonds. The normalized spacial score (nSPS) is 25.8. The average Bonchev–Trinajstić information content (AvgIpc) is 3.34. The first kappa shape index (κ1) is 29.9. The summed E-state index contributed by atoms with van der Waals surface area (Å²) >= 11 is 0. The van der Waals surface area contributed by atoms with Crippen molar-refractivity contribution in [3.63, 3.8) is 0 Å². The highest BCUT2D eigenvalue weighted by Gasteiger charge is 2.63. The van der Waals surface area contributed by atoms with E-state index in [0.29, 0.717) is 17.9 Å². The van der Waals surface area contributed by atoms with Crippen LogP contribution in [0, 0.1) is 11.8 Å². The van der Waals surface area contributed by atoms with E-state index in [9.17, 15) is 39.6 Å². The minimum absolute atomic E-state index is 0.00973. The third-order valence-corrected chi connectivity index (χ3v) is 8.73. The number of hydrogen-bond acceptors (Lipinski definition) is 11. The van der Waals surface area contributed by atoms with Gasteiger partial charge < -0.3 is 36.0 Å². The summed E-state index contributed by atoms with van der Waals surface area (Å²) in [6.07, 6.45) is 3.55. The number of nitrogens with two attached hydrogens (primary N) is 1. The van der Waals surface area contributed by atoms with Crippen molar-refractivity contribution in [1.82, 2.24) is 19.8 Å². The Morgan fingerprint density at radius 1 is 1.23 bits per heavy atom. The summed E-state index contributed by atoms with van der Waals surface area (Å²) in [5.74, 6) is -7.10. The predicted octanol–water partition coefficient (Wildman–Crippen LogP) is -0.0291. The van der Waals surface area contributed by atoms with Crippen LogP contribution in [-0.2, 0) is 34.4 Å². The topological polar surface area (TPSA) is 220 Å². The van der Waals surface area contributed by atoms with Gasteiger partial charge in [-0.25, -0.2) is 4.98 Å². The number of carbonyl (C=O) groups excluding carboxylic acids is 4. The number of ketones is 2. The Hall–Kier alpha value is -4.53. The van der Waals surface area contributed by atoms with Gasteiger partial charge >= 0.3 is 0 Å². The predicted molar refractivity (Wildman–Crippen MR) is 152 cm³/mol.